The molecule has 94 valence electrons. The summed E-state index contributed by atoms with van der Waals surface area (Å²) >= 11 is 1.19. The topological polar surface area (TPSA) is 17.1 Å². The van der Waals surface area contributed by atoms with Crippen molar-refractivity contribution in [3.63, 3.8) is 0 Å². The lowest BCUT2D eigenvalue weighted by atomic mass is 10.1. The summed E-state index contributed by atoms with van der Waals surface area (Å²) in [6, 6.07) is 5.66. The Morgan fingerprint density at radius 1 is 1.22 bits per heavy atom. The molecule has 0 bridgehead atoms. The first-order chi connectivity index (χ1) is 8.52. The molecule has 0 atom stereocenters. The maximum Gasteiger partial charge on any atom is 0.172 e. The van der Waals surface area contributed by atoms with Gasteiger partial charge in [0.1, 0.15) is 11.6 Å². The second-order valence-corrected chi connectivity index (χ2v) is 5.11. The summed E-state index contributed by atoms with van der Waals surface area (Å²) in [5.41, 5.74) is 0.482. The third-order valence-electron chi connectivity index (χ3n) is 2.72. The average molecular weight is 266 g/mol. The summed E-state index contributed by atoms with van der Waals surface area (Å²) in [4.78, 5) is 12.7. The standard InChI is InChI=1S/C14H12F2OS/c1-3-12(17)14-5-4-13(18-14)9-7-10(15)8(2)6-11(9)16/h4-7H,3H2,1-2H3. The number of hydrogen-bond donors (Lipinski definition) is 0. The molecule has 0 N–H and O–H groups in total. The Bertz CT molecular complexity index is 602. The van der Waals surface area contributed by atoms with Crippen molar-refractivity contribution in [3.8, 4) is 10.4 Å². The fourth-order valence-corrected chi connectivity index (χ4v) is 2.68. The van der Waals surface area contributed by atoms with Crippen LogP contribution in [0.15, 0.2) is 24.3 Å². The first-order valence-corrected chi connectivity index (χ1v) is 6.43. The third-order valence-corrected chi connectivity index (χ3v) is 3.88. The van der Waals surface area contributed by atoms with Gasteiger partial charge >= 0.3 is 0 Å². The number of aryl methyl sites for hydroxylation is 1. The molecule has 1 aromatic carbocycles. The normalized spacial score (nSPS) is 10.7. The number of benzene rings is 1. The van der Waals surface area contributed by atoms with Crippen molar-refractivity contribution in [2.45, 2.75) is 20.3 Å². The van der Waals surface area contributed by atoms with Crippen LogP contribution < -0.4 is 0 Å². The van der Waals surface area contributed by atoms with Crippen LogP contribution in [0.2, 0.25) is 0 Å². The third kappa shape index (κ3) is 2.34. The number of ketones is 1. The summed E-state index contributed by atoms with van der Waals surface area (Å²) in [7, 11) is 0. The molecule has 0 aliphatic heterocycles. The van der Waals surface area contributed by atoms with Crippen molar-refractivity contribution in [2.24, 2.45) is 0 Å². The highest BCUT2D eigenvalue weighted by molar-refractivity contribution is 7.17. The van der Waals surface area contributed by atoms with Gasteiger partial charge in [-0.1, -0.05) is 6.92 Å². The molecule has 2 aromatic rings. The molecule has 0 aliphatic rings. The van der Waals surface area contributed by atoms with Crippen molar-refractivity contribution in [3.05, 3.63) is 46.3 Å². The zero-order valence-electron chi connectivity index (χ0n) is 10.1. The van der Waals surface area contributed by atoms with E-state index < -0.39 is 11.6 Å². The molecular weight excluding hydrogens is 254 g/mol. The molecule has 1 aromatic heterocycles. The van der Waals surface area contributed by atoms with E-state index in [1.165, 1.54) is 30.4 Å². The molecule has 0 amide bonds. The second-order valence-electron chi connectivity index (χ2n) is 4.02. The molecule has 0 radical (unpaired) electrons. The van der Waals surface area contributed by atoms with Gasteiger partial charge in [0.15, 0.2) is 5.78 Å². The second kappa shape index (κ2) is 4.98. The first kappa shape index (κ1) is 12.9. The smallest absolute Gasteiger partial charge is 0.172 e. The number of Topliss-reactive ketones (excluding diaryl/α,β-unsaturated/α-hetero) is 1. The van der Waals surface area contributed by atoms with Crippen LogP contribution in [0, 0.1) is 18.6 Å². The number of hydrogen-bond acceptors (Lipinski definition) is 2. The van der Waals surface area contributed by atoms with Gasteiger partial charge in [-0.2, -0.15) is 0 Å². The highest BCUT2D eigenvalue weighted by Crippen LogP contribution is 2.32. The minimum atomic E-state index is -0.466. The number of halogens is 2. The lowest BCUT2D eigenvalue weighted by Crippen LogP contribution is -1.90. The van der Waals surface area contributed by atoms with Gasteiger partial charge in [-0.25, -0.2) is 8.78 Å². The van der Waals surface area contributed by atoms with E-state index in [0.29, 0.717) is 16.2 Å². The minimum Gasteiger partial charge on any atom is -0.293 e. The molecule has 4 heteroatoms. The predicted molar refractivity (Wildman–Crippen MR) is 69.0 cm³/mol. The Hall–Kier alpha value is -1.55. The Labute approximate surface area is 108 Å². The monoisotopic (exact) mass is 266 g/mol. The van der Waals surface area contributed by atoms with E-state index in [9.17, 15) is 13.6 Å². The summed E-state index contributed by atoms with van der Waals surface area (Å²) in [5.74, 6) is -0.895. The van der Waals surface area contributed by atoms with Gasteiger partial charge in [0.2, 0.25) is 0 Å². The van der Waals surface area contributed by atoms with Crippen LogP contribution >= 0.6 is 11.3 Å². The fraction of sp³-hybridized carbons (Fsp3) is 0.214. The van der Waals surface area contributed by atoms with Crippen molar-refractivity contribution < 1.29 is 13.6 Å². The van der Waals surface area contributed by atoms with Crippen LogP contribution in [0.5, 0.6) is 0 Å². The van der Waals surface area contributed by atoms with Crippen LogP contribution in [-0.2, 0) is 0 Å². The molecule has 1 heterocycles. The van der Waals surface area contributed by atoms with Crippen LogP contribution in [0.3, 0.4) is 0 Å². The largest absolute Gasteiger partial charge is 0.293 e. The van der Waals surface area contributed by atoms with E-state index in [1.807, 2.05) is 0 Å². The lowest BCUT2D eigenvalue weighted by molar-refractivity contribution is 0.0992. The quantitative estimate of drug-likeness (QED) is 0.742. The Kier molecular flexibility index (Phi) is 3.57. The molecular formula is C14H12F2OS. The average Bonchev–Trinajstić information content (AvgIpc) is 2.82. The highest BCUT2D eigenvalue weighted by Gasteiger charge is 2.13. The number of thiophene rings is 1. The van der Waals surface area contributed by atoms with Gasteiger partial charge < -0.3 is 0 Å². The van der Waals surface area contributed by atoms with E-state index in [0.717, 1.165) is 0 Å². The molecule has 1 nitrogen and oxygen atoms in total. The summed E-state index contributed by atoms with van der Waals surface area (Å²) in [6.45, 7) is 3.29. The molecule has 0 aliphatic carbocycles. The maximum absolute atomic E-state index is 13.8. The molecule has 18 heavy (non-hydrogen) atoms. The van der Waals surface area contributed by atoms with Crippen molar-refractivity contribution in [2.75, 3.05) is 0 Å². The Balaban J connectivity index is 2.46. The van der Waals surface area contributed by atoms with Crippen molar-refractivity contribution in [1.82, 2.24) is 0 Å². The van der Waals surface area contributed by atoms with E-state index in [4.69, 9.17) is 0 Å². The number of carbonyl (C=O) groups is 1. The zero-order valence-corrected chi connectivity index (χ0v) is 10.9. The molecule has 0 spiro atoms. The summed E-state index contributed by atoms with van der Waals surface area (Å²) < 4.78 is 27.2. The van der Waals surface area contributed by atoms with E-state index in [1.54, 1.807) is 19.1 Å². The van der Waals surface area contributed by atoms with Crippen LogP contribution in [-0.4, -0.2) is 5.78 Å². The van der Waals surface area contributed by atoms with E-state index in [-0.39, 0.29) is 16.9 Å². The molecule has 2 rings (SSSR count). The van der Waals surface area contributed by atoms with Gasteiger partial charge in [-0.15, -0.1) is 11.3 Å². The predicted octanol–water partition coefficient (Wildman–Crippen LogP) is 4.59. The van der Waals surface area contributed by atoms with Crippen molar-refractivity contribution in [1.29, 1.82) is 0 Å². The maximum atomic E-state index is 13.8. The van der Waals surface area contributed by atoms with E-state index >= 15 is 0 Å². The summed E-state index contributed by atoms with van der Waals surface area (Å²) in [6.07, 6.45) is 0.407. The zero-order chi connectivity index (χ0) is 13.3. The Morgan fingerprint density at radius 3 is 2.61 bits per heavy atom. The summed E-state index contributed by atoms with van der Waals surface area (Å²) in [5, 5.41) is 0. The highest BCUT2D eigenvalue weighted by atomic mass is 32.1. The minimum absolute atomic E-state index is 0.0132. The van der Waals surface area contributed by atoms with Crippen LogP contribution in [0.25, 0.3) is 10.4 Å². The van der Waals surface area contributed by atoms with Gasteiger partial charge in [0, 0.05) is 16.9 Å². The van der Waals surface area contributed by atoms with Gasteiger partial charge in [0.05, 0.1) is 4.88 Å². The van der Waals surface area contributed by atoms with Gasteiger partial charge in [-0.05, 0) is 36.8 Å². The lowest BCUT2D eigenvalue weighted by Gasteiger charge is -2.03. The fourth-order valence-electron chi connectivity index (χ4n) is 1.64. The van der Waals surface area contributed by atoms with Gasteiger partial charge in [0.25, 0.3) is 0 Å². The molecule has 0 saturated carbocycles. The number of rotatable bonds is 3. The van der Waals surface area contributed by atoms with Gasteiger partial charge in [-0.3, -0.25) is 4.79 Å². The van der Waals surface area contributed by atoms with Crippen LogP contribution in [0.1, 0.15) is 28.6 Å². The molecule has 0 unspecified atom stereocenters. The Morgan fingerprint density at radius 2 is 1.94 bits per heavy atom. The first-order valence-electron chi connectivity index (χ1n) is 5.62. The van der Waals surface area contributed by atoms with Crippen molar-refractivity contribution >= 4 is 17.1 Å². The number of carbonyl (C=O) groups excluding carboxylic acids is 1. The molecule has 0 saturated heterocycles. The van der Waals surface area contributed by atoms with Crippen LogP contribution in [0.4, 0.5) is 8.78 Å². The SMILES string of the molecule is CCC(=O)c1ccc(-c2cc(F)c(C)cc2F)s1. The molecule has 0 fully saturated rings. The van der Waals surface area contributed by atoms with E-state index in [2.05, 4.69) is 0 Å².